The average molecular weight is 594 g/mol. The van der Waals surface area contributed by atoms with Gasteiger partial charge in [0, 0.05) is 37.6 Å². The fourth-order valence-electron chi connectivity index (χ4n) is 6.61. The van der Waals surface area contributed by atoms with E-state index in [4.69, 9.17) is 4.42 Å². The molecule has 2 aromatic heterocycles. The van der Waals surface area contributed by atoms with Crippen LogP contribution in [-0.4, -0.2) is 0 Å². The molecule has 0 bridgehead atoms. The molecule has 0 fully saturated rings. The summed E-state index contributed by atoms with van der Waals surface area (Å²) in [4.78, 5) is 2.39. The minimum atomic E-state index is 0.911. The first kappa shape index (κ1) is 25.8. The van der Waals surface area contributed by atoms with Gasteiger partial charge in [-0.15, -0.1) is 11.3 Å². The van der Waals surface area contributed by atoms with Crippen LogP contribution in [0.3, 0.4) is 0 Å². The van der Waals surface area contributed by atoms with Crippen molar-refractivity contribution < 1.29 is 4.42 Å². The first-order valence-electron chi connectivity index (χ1n) is 15.2. The van der Waals surface area contributed by atoms with E-state index >= 15 is 0 Å². The van der Waals surface area contributed by atoms with Crippen molar-refractivity contribution in [3.63, 3.8) is 0 Å². The number of hydrogen-bond acceptors (Lipinski definition) is 3. The molecule has 0 aliphatic carbocycles. The molecular weight excluding hydrogens is 567 g/mol. The van der Waals surface area contributed by atoms with Crippen molar-refractivity contribution in [1.82, 2.24) is 0 Å². The summed E-state index contributed by atoms with van der Waals surface area (Å²) in [6.07, 6.45) is 0. The smallest absolute Gasteiger partial charge is 0.144 e. The second-order valence-corrected chi connectivity index (χ2v) is 12.4. The van der Waals surface area contributed by atoms with Crippen molar-refractivity contribution in [2.75, 3.05) is 4.90 Å². The number of furan rings is 1. The summed E-state index contributed by atoms with van der Waals surface area (Å²) in [5.74, 6) is 0. The largest absolute Gasteiger partial charge is 0.455 e. The second kappa shape index (κ2) is 10.5. The van der Waals surface area contributed by atoms with Crippen molar-refractivity contribution in [2.45, 2.75) is 0 Å². The first-order chi connectivity index (χ1) is 22.3. The van der Waals surface area contributed by atoms with Gasteiger partial charge in [0.1, 0.15) is 11.2 Å². The molecule has 0 spiro atoms. The Hall–Kier alpha value is -5.64. The van der Waals surface area contributed by atoms with Gasteiger partial charge in [0.2, 0.25) is 0 Å². The van der Waals surface area contributed by atoms with Gasteiger partial charge in [-0.05, 0) is 64.7 Å². The van der Waals surface area contributed by atoms with E-state index in [9.17, 15) is 0 Å². The van der Waals surface area contributed by atoms with Crippen molar-refractivity contribution in [3.05, 3.63) is 164 Å². The maximum absolute atomic E-state index is 6.58. The number of anilines is 3. The molecule has 0 aliphatic rings. The fraction of sp³-hybridized carbons (Fsp3) is 0. The van der Waals surface area contributed by atoms with Crippen LogP contribution in [0.2, 0.25) is 0 Å². The molecule has 0 saturated heterocycles. The molecule has 212 valence electrons. The Balaban J connectivity index is 1.28. The van der Waals surface area contributed by atoms with E-state index in [1.807, 2.05) is 17.4 Å². The minimum Gasteiger partial charge on any atom is -0.455 e. The maximum atomic E-state index is 6.58. The van der Waals surface area contributed by atoms with Crippen LogP contribution in [0.1, 0.15) is 0 Å². The zero-order valence-corrected chi connectivity index (χ0v) is 25.2. The normalized spacial score (nSPS) is 11.6. The van der Waals surface area contributed by atoms with E-state index in [-0.39, 0.29) is 0 Å². The quantitative estimate of drug-likeness (QED) is 0.197. The van der Waals surface area contributed by atoms with Crippen molar-refractivity contribution in [2.24, 2.45) is 0 Å². The van der Waals surface area contributed by atoms with Gasteiger partial charge in [-0.1, -0.05) is 121 Å². The van der Waals surface area contributed by atoms with Gasteiger partial charge >= 0.3 is 0 Å². The van der Waals surface area contributed by atoms with Gasteiger partial charge in [-0.2, -0.15) is 0 Å². The SMILES string of the molecule is c1ccc(-c2ccccc2-c2ccc(N(c3ccccc3)c3cc4c5ccccc5oc4c4c3sc3ccccc34)cc2)cc1. The van der Waals surface area contributed by atoms with Crippen LogP contribution < -0.4 is 4.90 Å². The molecule has 0 aliphatic heterocycles. The summed E-state index contributed by atoms with van der Waals surface area (Å²) in [6, 6.07) is 58.3. The lowest BCUT2D eigenvalue weighted by Gasteiger charge is -2.26. The molecule has 3 heteroatoms. The van der Waals surface area contributed by atoms with Crippen molar-refractivity contribution in [1.29, 1.82) is 0 Å². The summed E-state index contributed by atoms with van der Waals surface area (Å²) < 4.78 is 9.04. The predicted molar refractivity (Wildman–Crippen MR) is 192 cm³/mol. The lowest BCUT2D eigenvalue weighted by molar-refractivity contribution is 0.673. The third-order valence-corrected chi connectivity index (χ3v) is 9.87. The summed E-state index contributed by atoms with van der Waals surface area (Å²) in [7, 11) is 0. The zero-order chi connectivity index (χ0) is 29.7. The topological polar surface area (TPSA) is 16.4 Å². The van der Waals surface area contributed by atoms with Crippen molar-refractivity contribution in [3.8, 4) is 22.3 Å². The monoisotopic (exact) mass is 593 g/mol. The highest BCUT2D eigenvalue weighted by Crippen LogP contribution is 2.49. The van der Waals surface area contributed by atoms with Gasteiger partial charge in [-0.25, -0.2) is 0 Å². The average Bonchev–Trinajstić information content (AvgIpc) is 3.68. The third kappa shape index (κ3) is 4.24. The number of thiophene rings is 1. The van der Waals surface area contributed by atoms with E-state index in [0.29, 0.717) is 0 Å². The Kier molecular flexibility index (Phi) is 6.03. The zero-order valence-electron chi connectivity index (χ0n) is 24.4. The Bertz CT molecular complexity index is 2470. The molecule has 2 nitrogen and oxygen atoms in total. The number of hydrogen-bond donors (Lipinski definition) is 0. The molecule has 0 saturated carbocycles. The molecule has 7 aromatic carbocycles. The van der Waals surface area contributed by atoms with Crippen LogP contribution in [0, 0.1) is 0 Å². The standard InChI is InChI=1S/C42H27NOS/c1-3-13-28(14-4-1)32-17-7-8-18-33(32)29-23-25-31(26-24-29)43(30-15-5-2-6-16-30)37-27-36-34-19-9-11-21-38(34)44-41(36)40-35-20-10-12-22-39(35)45-42(37)40/h1-27H. The van der Waals surface area contributed by atoms with Crippen LogP contribution in [0.25, 0.3) is 64.4 Å². The Morgan fingerprint density at radius 1 is 0.467 bits per heavy atom. The number of para-hydroxylation sites is 2. The Morgan fingerprint density at radius 2 is 1.04 bits per heavy atom. The molecule has 0 amide bonds. The number of fused-ring (bicyclic) bond motifs is 7. The predicted octanol–water partition coefficient (Wildman–Crippen LogP) is 12.8. The summed E-state index contributed by atoms with van der Waals surface area (Å²) >= 11 is 1.83. The highest BCUT2D eigenvalue weighted by molar-refractivity contribution is 7.26. The molecular formula is C42H27NOS. The Labute approximate surface area is 265 Å². The minimum absolute atomic E-state index is 0.911. The number of rotatable bonds is 5. The van der Waals surface area contributed by atoms with Gasteiger partial charge in [-0.3, -0.25) is 0 Å². The van der Waals surface area contributed by atoms with Crippen LogP contribution in [0.5, 0.6) is 0 Å². The molecule has 2 heterocycles. The number of benzene rings is 7. The van der Waals surface area contributed by atoms with Crippen LogP contribution in [0.15, 0.2) is 168 Å². The van der Waals surface area contributed by atoms with E-state index < -0.39 is 0 Å². The highest BCUT2D eigenvalue weighted by atomic mass is 32.1. The van der Waals surface area contributed by atoms with E-state index in [1.54, 1.807) is 0 Å². The molecule has 0 N–H and O–H groups in total. The van der Waals surface area contributed by atoms with E-state index in [2.05, 4.69) is 163 Å². The van der Waals surface area contributed by atoms with Gasteiger partial charge in [0.15, 0.2) is 0 Å². The molecule has 9 rings (SSSR count). The van der Waals surface area contributed by atoms with Crippen LogP contribution in [-0.2, 0) is 0 Å². The molecule has 0 atom stereocenters. The van der Waals surface area contributed by atoms with Crippen LogP contribution in [0.4, 0.5) is 17.1 Å². The maximum Gasteiger partial charge on any atom is 0.144 e. The third-order valence-electron chi connectivity index (χ3n) is 8.67. The summed E-state index contributed by atoms with van der Waals surface area (Å²) in [5.41, 5.74) is 10.1. The summed E-state index contributed by atoms with van der Waals surface area (Å²) in [6.45, 7) is 0. The second-order valence-electron chi connectivity index (χ2n) is 11.3. The Morgan fingerprint density at radius 3 is 1.80 bits per heavy atom. The summed E-state index contributed by atoms with van der Waals surface area (Å²) in [5, 5.41) is 4.66. The molecule has 9 aromatic rings. The number of nitrogens with zero attached hydrogens (tertiary/aromatic N) is 1. The lowest BCUT2D eigenvalue weighted by atomic mass is 9.94. The fourth-order valence-corrected chi connectivity index (χ4v) is 7.82. The van der Waals surface area contributed by atoms with E-state index in [0.717, 1.165) is 39.0 Å². The van der Waals surface area contributed by atoms with Gasteiger partial charge in [0.25, 0.3) is 0 Å². The molecule has 45 heavy (non-hydrogen) atoms. The molecule has 0 unspecified atom stereocenters. The lowest BCUT2D eigenvalue weighted by Crippen LogP contribution is -2.10. The van der Waals surface area contributed by atoms with Gasteiger partial charge in [0.05, 0.1) is 10.4 Å². The molecule has 0 radical (unpaired) electrons. The van der Waals surface area contributed by atoms with Crippen LogP contribution >= 0.6 is 11.3 Å². The first-order valence-corrected chi connectivity index (χ1v) is 16.0. The highest BCUT2D eigenvalue weighted by Gasteiger charge is 2.23. The van der Waals surface area contributed by atoms with Crippen molar-refractivity contribution >= 4 is 70.5 Å². The van der Waals surface area contributed by atoms with E-state index in [1.165, 1.54) is 42.4 Å². The van der Waals surface area contributed by atoms with Gasteiger partial charge < -0.3 is 9.32 Å².